The van der Waals surface area contributed by atoms with Crippen LogP contribution in [0.25, 0.3) is 0 Å². The summed E-state index contributed by atoms with van der Waals surface area (Å²) in [5.41, 5.74) is 0. The number of hydrogen-bond acceptors (Lipinski definition) is 6. The third-order valence-electron chi connectivity index (χ3n) is 12.7. The second-order valence-electron chi connectivity index (χ2n) is 19.2. The molecule has 0 unspecified atom stereocenters. The first-order chi connectivity index (χ1) is 31.5. The van der Waals surface area contributed by atoms with E-state index >= 15 is 0 Å². The summed E-state index contributed by atoms with van der Waals surface area (Å²) in [5, 5.41) is 0. The van der Waals surface area contributed by atoms with Crippen LogP contribution in [0.2, 0.25) is 0 Å². The van der Waals surface area contributed by atoms with Crippen LogP contribution in [0.4, 0.5) is 0 Å². The lowest BCUT2D eigenvalue weighted by Crippen LogP contribution is -2.30. The van der Waals surface area contributed by atoms with Gasteiger partial charge in [-0.25, -0.2) is 0 Å². The Morgan fingerprint density at radius 1 is 0.297 bits per heavy atom. The minimum Gasteiger partial charge on any atom is -0.462 e. The van der Waals surface area contributed by atoms with Crippen LogP contribution in [0.5, 0.6) is 0 Å². The lowest BCUT2D eigenvalue weighted by Gasteiger charge is -2.18. The number of ether oxygens (including phenoxy) is 3. The molecule has 6 nitrogen and oxygen atoms in total. The van der Waals surface area contributed by atoms with Gasteiger partial charge in [-0.2, -0.15) is 0 Å². The van der Waals surface area contributed by atoms with E-state index in [1.165, 1.54) is 212 Å². The summed E-state index contributed by atoms with van der Waals surface area (Å²) < 4.78 is 16.9. The molecule has 0 fully saturated rings. The van der Waals surface area contributed by atoms with Crippen molar-refractivity contribution >= 4 is 17.9 Å². The zero-order valence-electron chi connectivity index (χ0n) is 43.1. The molecular weight excluding hydrogens is 793 g/mol. The number of hydrogen-bond donors (Lipinski definition) is 0. The van der Waals surface area contributed by atoms with Gasteiger partial charge in [-0.15, -0.1) is 0 Å². The van der Waals surface area contributed by atoms with Crippen molar-refractivity contribution < 1.29 is 28.6 Å². The Hall–Kier alpha value is -2.11. The number of carbonyl (C=O) groups excluding carboxylic acids is 3. The van der Waals surface area contributed by atoms with Crippen molar-refractivity contribution in [1.82, 2.24) is 0 Å². The lowest BCUT2D eigenvalue weighted by molar-refractivity contribution is -0.167. The molecule has 0 spiro atoms. The van der Waals surface area contributed by atoms with Crippen LogP contribution in [-0.4, -0.2) is 37.2 Å². The average Bonchev–Trinajstić information content (AvgIpc) is 3.29. The normalized spacial score (nSPS) is 12.1. The smallest absolute Gasteiger partial charge is 0.306 e. The highest BCUT2D eigenvalue weighted by molar-refractivity contribution is 5.71. The SMILES string of the molecule is CCCCCC/C=C\CCCCCCCCCC(=O)O[C@H](COC(=O)CCCCCCCCCCC/C=C\CCCCCCCC)COC(=O)CCCCCCCCCCCCCC. The molecule has 0 aromatic heterocycles. The molecule has 1 atom stereocenters. The lowest BCUT2D eigenvalue weighted by atomic mass is 10.0. The Kier molecular flexibility index (Phi) is 51.7. The van der Waals surface area contributed by atoms with Gasteiger partial charge >= 0.3 is 17.9 Å². The van der Waals surface area contributed by atoms with Crippen LogP contribution in [-0.2, 0) is 28.6 Å². The average molecular weight is 901 g/mol. The van der Waals surface area contributed by atoms with Crippen LogP contribution in [0.15, 0.2) is 24.3 Å². The summed E-state index contributed by atoms with van der Waals surface area (Å²) in [6.45, 7) is 6.65. The quantitative estimate of drug-likeness (QED) is 0.0262. The fourth-order valence-electron chi connectivity index (χ4n) is 8.37. The molecule has 0 N–H and O–H groups in total. The number of rotatable bonds is 52. The Morgan fingerprint density at radius 2 is 0.516 bits per heavy atom. The van der Waals surface area contributed by atoms with Gasteiger partial charge < -0.3 is 14.2 Å². The molecule has 0 aliphatic heterocycles. The topological polar surface area (TPSA) is 78.9 Å². The molecule has 6 heteroatoms. The van der Waals surface area contributed by atoms with E-state index in [1.807, 2.05) is 0 Å². The van der Waals surface area contributed by atoms with E-state index in [4.69, 9.17) is 14.2 Å². The molecule has 0 saturated carbocycles. The first-order valence-electron chi connectivity index (χ1n) is 28.3. The van der Waals surface area contributed by atoms with E-state index in [9.17, 15) is 14.4 Å². The van der Waals surface area contributed by atoms with Crippen LogP contribution in [0, 0.1) is 0 Å². The van der Waals surface area contributed by atoms with Crippen molar-refractivity contribution in [2.75, 3.05) is 13.2 Å². The predicted molar refractivity (Wildman–Crippen MR) is 275 cm³/mol. The van der Waals surface area contributed by atoms with E-state index < -0.39 is 6.10 Å². The molecule has 0 radical (unpaired) electrons. The van der Waals surface area contributed by atoms with Crippen LogP contribution < -0.4 is 0 Å². The molecule has 376 valence electrons. The van der Waals surface area contributed by atoms with E-state index in [0.29, 0.717) is 19.3 Å². The number of esters is 3. The molecule has 0 aliphatic carbocycles. The summed E-state index contributed by atoms with van der Waals surface area (Å²) >= 11 is 0. The summed E-state index contributed by atoms with van der Waals surface area (Å²) in [4.78, 5) is 38.1. The molecule has 0 aromatic rings. The first kappa shape index (κ1) is 61.9. The third kappa shape index (κ3) is 50.9. The van der Waals surface area contributed by atoms with Crippen LogP contribution >= 0.6 is 0 Å². The van der Waals surface area contributed by atoms with Crippen molar-refractivity contribution in [3.8, 4) is 0 Å². The van der Waals surface area contributed by atoms with Gasteiger partial charge in [0.25, 0.3) is 0 Å². The van der Waals surface area contributed by atoms with Gasteiger partial charge in [-0.3, -0.25) is 14.4 Å². The molecule has 0 saturated heterocycles. The Bertz CT molecular complexity index is 1040. The molecule has 0 bridgehead atoms. The summed E-state index contributed by atoms with van der Waals surface area (Å²) in [6, 6.07) is 0. The summed E-state index contributed by atoms with van der Waals surface area (Å²) in [6.07, 6.45) is 61.6. The minimum absolute atomic E-state index is 0.0693. The zero-order valence-corrected chi connectivity index (χ0v) is 43.1. The van der Waals surface area contributed by atoms with Gasteiger partial charge in [0, 0.05) is 19.3 Å². The Morgan fingerprint density at radius 3 is 0.797 bits per heavy atom. The highest BCUT2D eigenvalue weighted by Gasteiger charge is 2.19. The summed E-state index contributed by atoms with van der Waals surface area (Å²) in [5.74, 6) is -0.859. The van der Waals surface area contributed by atoms with E-state index in [2.05, 4.69) is 45.1 Å². The van der Waals surface area contributed by atoms with Gasteiger partial charge in [0.1, 0.15) is 13.2 Å². The van der Waals surface area contributed by atoms with Crippen molar-refractivity contribution in [3.63, 3.8) is 0 Å². The van der Waals surface area contributed by atoms with Gasteiger partial charge in [-0.05, 0) is 70.6 Å². The number of allylic oxidation sites excluding steroid dienone is 4. The number of carbonyl (C=O) groups is 3. The van der Waals surface area contributed by atoms with Gasteiger partial charge in [0.05, 0.1) is 0 Å². The zero-order chi connectivity index (χ0) is 46.5. The fourth-order valence-corrected chi connectivity index (χ4v) is 8.37. The predicted octanol–water partition coefficient (Wildman–Crippen LogP) is 18.7. The highest BCUT2D eigenvalue weighted by Crippen LogP contribution is 2.16. The molecule has 0 rings (SSSR count). The largest absolute Gasteiger partial charge is 0.462 e. The van der Waals surface area contributed by atoms with Gasteiger partial charge in [0.15, 0.2) is 6.10 Å². The van der Waals surface area contributed by atoms with Gasteiger partial charge in [0.2, 0.25) is 0 Å². The Labute approximate surface area is 398 Å². The van der Waals surface area contributed by atoms with Gasteiger partial charge in [-0.1, -0.05) is 244 Å². The van der Waals surface area contributed by atoms with Crippen molar-refractivity contribution in [2.24, 2.45) is 0 Å². The first-order valence-corrected chi connectivity index (χ1v) is 28.3. The molecule has 0 amide bonds. The van der Waals surface area contributed by atoms with Crippen molar-refractivity contribution in [1.29, 1.82) is 0 Å². The van der Waals surface area contributed by atoms with E-state index in [1.54, 1.807) is 0 Å². The van der Waals surface area contributed by atoms with Crippen molar-refractivity contribution in [3.05, 3.63) is 24.3 Å². The minimum atomic E-state index is -0.770. The molecule has 0 heterocycles. The molecule has 64 heavy (non-hydrogen) atoms. The number of unbranched alkanes of at least 4 members (excludes halogenated alkanes) is 37. The maximum absolute atomic E-state index is 12.8. The monoisotopic (exact) mass is 901 g/mol. The second kappa shape index (κ2) is 53.5. The van der Waals surface area contributed by atoms with Crippen LogP contribution in [0.3, 0.4) is 0 Å². The summed E-state index contributed by atoms with van der Waals surface area (Å²) in [7, 11) is 0. The highest BCUT2D eigenvalue weighted by atomic mass is 16.6. The molecule has 0 aliphatic rings. The van der Waals surface area contributed by atoms with E-state index in [-0.39, 0.29) is 31.1 Å². The van der Waals surface area contributed by atoms with Crippen LogP contribution in [0.1, 0.15) is 310 Å². The standard InChI is InChI=1S/C58H108O6/c1-4-7-10-13-16-19-22-25-27-28-29-30-32-33-36-39-42-45-48-51-57(60)63-54-55(53-62-56(59)50-47-44-41-38-35-24-21-18-15-12-9-6-3)64-58(61)52-49-46-43-40-37-34-31-26-23-20-17-14-11-8-5-2/h20,23,25,27,55H,4-19,21-22,24,26,28-54H2,1-3H3/b23-20-,27-25-/t55-/m0/s1. The maximum Gasteiger partial charge on any atom is 0.306 e. The van der Waals surface area contributed by atoms with E-state index in [0.717, 1.165) is 57.8 Å². The molecular formula is C58H108O6. The fraction of sp³-hybridized carbons (Fsp3) is 0.879. The van der Waals surface area contributed by atoms with Crippen molar-refractivity contribution in [2.45, 2.75) is 316 Å². The Balaban J connectivity index is 4.30. The maximum atomic E-state index is 12.8. The second-order valence-corrected chi connectivity index (χ2v) is 19.2. The molecule has 0 aromatic carbocycles. The third-order valence-corrected chi connectivity index (χ3v) is 12.7.